The van der Waals surface area contributed by atoms with Crippen LogP contribution in [-0.4, -0.2) is 39.2 Å². The second-order valence-electron chi connectivity index (χ2n) is 5.45. The van der Waals surface area contributed by atoms with Gasteiger partial charge in [0.1, 0.15) is 11.4 Å². The standard InChI is InChI=1S/C15H24O4Si/c1-15(2,17)14(16)12-6-8-13(9-7-12)19-10-5-11-20(4)18-3/h6-9,17,20H,5,10-11H2,1-4H3. The number of benzene rings is 1. The Hall–Kier alpha value is -1.17. The van der Waals surface area contributed by atoms with Crippen molar-refractivity contribution in [2.24, 2.45) is 0 Å². The molecule has 1 unspecified atom stereocenters. The number of rotatable bonds is 8. The fraction of sp³-hybridized carbons (Fsp3) is 0.533. The number of hydrogen-bond donors (Lipinski definition) is 1. The van der Waals surface area contributed by atoms with E-state index in [1.54, 1.807) is 31.4 Å². The van der Waals surface area contributed by atoms with Gasteiger partial charge in [-0.3, -0.25) is 4.79 Å². The van der Waals surface area contributed by atoms with Crippen LogP contribution in [0.2, 0.25) is 12.6 Å². The van der Waals surface area contributed by atoms with Crippen molar-refractivity contribution in [2.75, 3.05) is 13.7 Å². The topological polar surface area (TPSA) is 55.8 Å². The van der Waals surface area contributed by atoms with Gasteiger partial charge in [0, 0.05) is 12.7 Å². The molecule has 1 N–H and O–H groups in total. The molecule has 1 aromatic carbocycles. The van der Waals surface area contributed by atoms with Gasteiger partial charge >= 0.3 is 0 Å². The van der Waals surface area contributed by atoms with Crippen molar-refractivity contribution >= 4 is 14.8 Å². The number of carbonyl (C=O) groups is 1. The van der Waals surface area contributed by atoms with E-state index in [4.69, 9.17) is 9.16 Å². The van der Waals surface area contributed by atoms with E-state index in [9.17, 15) is 9.90 Å². The van der Waals surface area contributed by atoms with Crippen LogP contribution >= 0.6 is 0 Å². The molecular formula is C15H24O4Si. The zero-order valence-electron chi connectivity index (χ0n) is 12.7. The largest absolute Gasteiger partial charge is 0.494 e. The average molecular weight is 296 g/mol. The Morgan fingerprint density at radius 3 is 2.40 bits per heavy atom. The first kappa shape index (κ1) is 16.9. The van der Waals surface area contributed by atoms with E-state index in [-0.39, 0.29) is 5.78 Å². The van der Waals surface area contributed by atoms with Crippen molar-refractivity contribution in [3.8, 4) is 5.75 Å². The highest BCUT2D eigenvalue weighted by atomic mass is 28.3. The number of hydrogen-bond acceptors (Lipinski definition) is 4. The molecule has 0 saturated heterocycles. The second kappa shape index (κ2) is 7.57. The Morgan fingerprint density at radius 1 is 1.30 bits per heavy atom. The molecule has 1 atom stereocenters. The predicted octanol–water partition coefficient (Wildman–Crippen LogP) is 2.41. The summed E-state index contributed by atoms with van der Waals surface area (Å²) in [5, 5.41) is 9.67. The molecule has 0 spiro atoms. The lowest BCUT2D eigenvalue weighted by molar-refractivity contribution is 0.0488. The van der Waals surface area contributed by atoms with Crippen LogP contribution in [0.5, 0.6) is 5.75 Å². The number of ketones is 1. The highest BCUT2D eigenvalue weighted by Gasteiger charge is 2.24. The van der Waals surface area contributed by atoms with Gasteiger partial charge in [0.05, 0.1) is 6.61 Å². The van der Waals surface area contributed by atoms with E-state index in [0.717, 1.165) is 18.2 Å². The molecule has 1 rings (SSSR count). The molecule has 20 heavy (non-hydrogen) atoms. The minimum absolute atomic E-state index is 0.288. The monoisotopic (exact) mass is 296 g/mol. The van der Waals surface area contributed by atoms with Gasteiger partial charge in [-0.05, 0) is 57.1 Å². The third-order valence-corrected chi connectivity index (χ3v) is 5.12. The summed E-state index contributed by atoms with van der Waals surface area (Å²) >= 11 is 0. The van der Waals surface area contributed by atoms with E-state index in [2.05, 4.69) is 6.55 Å². The zero-order valence-corrected chi connectivity index (χ0v) is 13.8. The Balaban J connectivity index is 2.45. The van der Waals surface area contributed by atoms with Gasteiger partial charge in [-0.25, -0.2) is 0 Å². The lowest BCUT2D eigenvalue weighted by Gasteiger charge is -2.15. The first-order valence-corrected chi connectivity index (χ1v) is 9.31. The smallest absolute Gasteiger partial charge is 0.193 e. The zero-order chi connectivity index (χ0) is 15.2. The predicted molar refractivity (Wildman–Crippen MR) is 82.0 cm³/mol. The Kier molecular flexibility index (Phi) is 6.39. The first-order chi connectivity index (χ1) is 9.34. The number of Topliss-reactive ketones (excluding diaryl/α,β-unsaturated/α-hetero) is 1. The van der Waals surface area contributed by atoms with Crippen LogP contribution < -0.4 is 4.74 Å². The molecular weight excluding hydrogens is 272 g/mol. The maximum atomic E-state index is 11.8. The quantitative estimate of drug-likeness (QED) is 0.455. The van der Waals surface area contributed by atoms with Crippen LogP contribution in [0, 0.1) is 0 Å². The SMILES string of the molecule is CO[SiH](C)CCCOc1ccc(C(=O)C(C)(C)O)cc1. The summed E-state index contributed by atoms with van der Waals surface area (Å²) < 4.78 is 10.9. The molecule has 0 aromatic heterocycles. The molecule has 4 nitrogen and oxygen atoms in total. The van der Waals surface area contributed by atoms with Crippen LogP contribution in [0.4, 0.5) is 0 Å². The number of carbonyl (C=O) groups excluding carboxylic acids is 1. The normalized spacial score (nSPS) is 13.1. The molecule has 0 fully saturated rings. The van der Waals surface area contributed by atoms with Gasteiger partial charge in [-0.2, -0.15) is 0 Å². The molecule has 0 radical (unpaired) electrons. The molecule has 0 saturated carbocycles. The average Bonchev–Trinajstić information content (AvgIpc) is 2.42. The Bertz CT molecular complexity index is 422. The summed E-state index contributed by atoms with van der Waals surface area (Å²) in [6.45, 7) is 5.79. The van der Waals surface area contributed by atoms with Crippen molar-refractivity contribution in [1.29, 1.82) is 0 Å². The van der Waals surface area contributed by atoms with E-state index < -0.39 is 14.6 Å². The van der Waals surface area contributed by atoms with Gasteiger partial charge < -0.3 is 14.3 Å². The lowest BCUT2D eigenvalue weighted by atomic mass is 9.97. The maximum Gasteiger partial charge on any atom is 0.193 e. The number of aliphatic hydroxyl groups is 1. The molecule has 0 bridgehead atoms. The Morgan fingerprint density at radius 2 is 1.90 bits per heavy atom. The first-order valence-electron chi connectivity index (χ1n) is 6.87. The van der Waals surface area contributed by atoms with Crippen LogP contribution in [0.1, 0.15) is 30.6 Å². The van der Waals surface area contributed by atoms with Crippen molar-refractivity contribution in [2.45, 2.75) is 38.5 Å². The molecule has 1 aromatic rings. The summed E-state index contributed by atoms with van der Waals surface area (Å²) in [5.74, 6) is 0.452. The van der Waals surface area contributed by atoms with Crippen molar-refractivity contribution in [3.63, 3.8) is 0 Å². The molecule has 0 aliphatic carbocycles. The van der Waals surface area contributed by atoms with E-state index in [1.165, 1.54) is 13.8 Å². The minimum Gasteiger partial charge on any atom is -0.494 e. The van der Waals surface area contributed by atoms with Gasteiger partial charge in [-0.1, -0.05) is 0 Å². The van der Waals surface area contributed by atoms with Crippen molar-refractivity contribution < 1.29 is 19.1 Å². The summed E-state index contributed by atoms with van der Waals surface area (Å²) in [6.07, 6.45) is 0.978. The molecule has 112 valence electrons. The van der Waals surface area contributed by atoms with Crippen LogP contribution in [0.25, 0.3) is 0 Å². The highest BCUT2D eigenvalue weighted by Crippen LogP contribution is 2.17. The van der Waals surface area contributed by atoms with Crippen LogP contribution in [0.15, 0.2) is 24.3 Å². The fourth-order valence-corrected chi connectivity index (χ4v) is 2.71. The second-order valence-corrected chi connectivity index (χ2v) is 8.12. The number of ether oxygens (including phenoxy) is 1. The van der Waals surface area contributed by atoms with E-state index in [0.29, 0.717) is 12.2 Å². The summed E-state index contributed by atoms with van der Waals surface area (Å²) in [7, 11) is 0.760. The molecule has 0 heterocycles. The molecule has 0 amide bonds. The van der Waals surface area contributed by atoms with Crippen molar-refractivity contribution in [1.82, 2.24) is 0 Å². The van der Waals surface area contributed by atoms with Crippen molar-refractivity contribution in [3.05, 3.63) is 29.8 Å². The highest BCUT2D eigenvalue weighted by molar-refractivity contribution is 6.50. The fourth-order valence-electron chi connectivity index (χ4n) is 1.73. The molecule has 0 aliphatic heterocycles. The molecule has 5 heteroatoms. The van der Waals surface area contributed by atoms with Gasteiger partial charge in [0.2, 0.25) is 0 Å². The molecule has 0 aliphatic rings. The van der Waals surface area contributed by atoms with E-state index >= 15 is 0 Å². The van der Waals surface area contributed by atoms with Gasteiger partial charge in [0.25, 0.3) is 0 Å². The van der Waals surface area contributed by atoms with Gasteiger partial charge in [-0.15, -0.1) is 0 Å². The van der Waals surface area contributed by atoms with Crippen LogP contribution in [-0.2, 0) is 4.43 Å². The van der Waals surface area contributed by atoms with Crippen LogP contribution in [0.3, 0.4) is 0 Å². The Labute approximate surface area is 122 Å². The summed E-state index contributed by atoms with van der Waals surface area (Å²) in [5.41, 5.74) is -0.853. The maximum absolute atomic E-state index is 11.8. The minimum atomic E-state index is -1.34. The third-order valence-electron chi connectivity index (χ3n) is 3.10. The third kappa shape index (κ3) is 5.44. The summed E-state index contributed by atoms with van der Waals surface area (Å²) in [4.78, 5) is 11.8. The summed E-state index contributed by atoms with van der Waals surface area (Å²) in [6, 6.07) is 7.97. The van der Waals surface area contributed by atoms with Gasteiger partial charge in [0.15, 0.2) is 14.8 Å². The lowest BCUT2D eigenvalue weighted by Crippen LogP contribution is -2.30. The van der Waals surface area contributed by atoms with E-state index in [1.807, 2.05) is 0 Å².